The average Bonchev–Trinajstić information content (AvgIpc) is 2.14. The number of hydrogen-bond acceptors (Lipinski definition) is 3. The number of aromatic nitrogens is 1. The van der Waals surface area contributed by atoms with E-state index in [1.807, 2.05) is 20.8 Å². The van der Waals surface area contributed by atoms with Gasteiger partial charge in [0.25, 0.3) is 0 Å². The van der Waals surface area contributed by atoms with Gasteiger partial charge in [-0.3, -0.25) is 4.98 Å². The molecular formula is C11H17FN2O. The van der Waals surface area contributed by atoms with Crippen LogP contribution in [-0.4, -0.2) is 16.6 Å². The highest BCUT2D eigenvalue weighted by Crippen LogP contribution is 2.38. The Labute approximate surface area is 89.1 Å². The van der Waals surface area contributed by atoms with Crippen molar-refractivity contribution in [3.63, 3.8) is 0 Å². The van der Waals surface area contributed by atoms with Crippen LogP contribution in [0.3, 0.4) is 0 Å². The topological polar surface area (TPSA) is 59.1 Å². The molecule has 4 heteroatoms. The van der Waals surface area contributed by atoms with E-state index < -0.39 is 16.8 Å². The Balaban J connectivity index is 3.23. The van der Waals surface area contributed by atoms with Crippen molar-refractivity contribution in [1.82, 2.24) is 4.98 Å². The second kappa shape index (κ2) is 3.87. The minimum absolute atomic E-state index is 0.0294. The standard InChI is InChI=1S/C11H17FN2O/c1-10(2,3)11(15,7-13)8-4-9(12)6-14-5-8/h4-6,15H,7,13H2,1-3H3. The van der Waals surface area contributed by atoms with Gasteiger partial charge in [-0.05, 0) is 11.5 Å². The van der Waals surface area contributed by atoms with E-state index in [0.717, 1.165) is 6.20 Å². The normalized spacial score (nSPS) is 16.1. The van der Waals surface area contributed by atoms with E-state index in [1.54, 1.807) is 0 Å². The zero-order chi connectivity index (χ0) is 11.7. The second-order valence-electron chi connectivity index (χ2n) is 4.71. The summed E-state index contributed by atoms with van der Waals surface area (Å²) in [5, 5.41) is 10.4. The molecule has 3 N–H and O–H groups in total. The van der Waals surface area contributed by atoms with Crippen molar-refractivity contribution >= 4 is 0 Å². The molecule has 0 fully saturated rings. The highest BCUT2D eigenvalue weighted by Gasteiger charge is 2.40. The Morgan fingerprint density at radius 2 is 2.00 bits per heavy atom. The molecule has 0 spiro atoms. The predicted molar refractivity (Wildman–Crippen MR) is 56.6 cm³/mol. The van der Waals surface area contributed by atoms with Crippen LogP contribution in [0, 0.1) is 11.2 Å². The highest BCUT2D eigenvalue weighted by atomic mass is 19.1. The molecule has 0 bridgehead atoms. The summed E-state index contributed by atoms with van der Waals surface area (Å²) in [5.41, 5.74) is 4.25. The Morgan fingerprint density at radius 3 is 2.40 bits per heavy atom. The third-order valence-corrected chi connectivity index (χ3v) is 2.72. The lowest BCUT2D eigenvalue weighted by Gasteiger charge is -2.39. The molecule has 0 saturated carbocycles. The Bertz CT molecular complexity index is 349. The first kappa shape index (κ1) is 12.1. The molecule has 84 valence electrons. The first-order chi connectivity index (χ1) is 6.81. The number of hydrogen-bond donors (Lipinski definition) is 2. The van der Waals surface area contributed by atoms with E-state index in [1.165, 1.54) is 12.3 Å². The summed E-state index contributed by atoms with van der Waals surface area (Å²) in [4.78, 5) is 3.72. The largest absolute Gasteiger partial charge is 0.383 e. The van der Waals surface area contributed by atoms with E-state index in [9.17, 15) is 9.50 Å². The minimum atomic E-state index is -1.26. The van der Waals surface area contributed by atoms with Gasteiger partial charge in [-0.15, -0.1) is 0 Å². The molecule has 1 heterocycles. The number of aliphatic hydroxyl groups is 1. The third kappa shape index (κ3) is 2.16. The second-order valence-corrected chi connectivity index (χ2v) is 4.71. The Hall–Kier alpha value is -1.00. The molecule has 1 rings (SSSR count). The van der Waals surface area contributed by atoms with Gasteiger partial charge in [0.05, 0.1) is 6.20 Å². The number of halogens is 1. The van der Waals surface area contributed by atoms with Gasteiger partial charge in [0.15, 0.2) is 0 Å². The average molecular weight is 212 g/mol. The van der Waals surface area contributed by atoms with Crippen molar-refractivity contribution in [1.29, 1.82) is 0 Å². The van der Waals surface area contributed by atoms with Gasteiger partial charge in [-0.1, -0.05) is 20.8 Å². The van der Waals surface area contributed by atoms with E-state index in [2.05, 4.69) is 4.98 Å². The monoisotopic (exact) mass is 212 g/mol. The molecule has 0 aliphatic rings. The molecule has 3 nitrogen and oxygen atoms in total. The highest BCUT2D eigenvalue weighted by molar-refractivity contribution is 5.22. The summed E-state index contributed by atoms with van der Waals surface area (Å²) in [6, 6.07) is 1.27. The van der Waals surface area contributed by atoms with Crippen LogP contribution in [0.2, 0.25) is 0 Å². The van der Waals surface area contributed by atoms with Crippen LogP contribution < -0.4 is 5.73 Å². The first-order valence-corrected chi connectivity index (χ1v) is 4.85. The molecule has 1 aromatic rings. The van der Waals surface area contributed by atoms with Crippen LogP contribution in [0.4, 0.5) is 4.39 Å². The quantitative estimate of drug-likeness (QED) is 0.779. The van der Waals surface area contributed by atoms with Crippen LogP contribution in [0.25, 0.3) is 0 Å². The lowest BCUT2D eigenvalue weighted by atomic mass is 9.72. The van der Waals surface area contributed by atoms with Crippen molar-refractivity contribution in [3.8, 4) is 0 Å². The van der Waals surface area contributed by atoms with E-state index >= 15 is 0 Å². The first-order valence-electron chi connectivity index (χ1n) is 4.85. The van der Waals surface area contributed by atoms with Gasteiger partial charge in [0.1, 0.15) is 11.4 Å². The maximum Gasteiger partial charge on any atom is 0.141 e. The lowest BCUT2D eigenvalue weighted by molar-refractivity contribution is -0.0562. The Morgan fingerprint density at radius 1 is 1.40 bits per heavy atom. The van der Waals surface area contributed by atoms with Crippen molar-refractivity contribution in [2.75, 3.05) is 6.54 Å². The molecule has 0 saturated heterocycles. The van der Waals surface area contributed by atoms with Gasteiger partial charge in [-0.2, -0.15) is 0 Å². The van der Waals surface area contributed by atoms with Crippen molar-refractivity contribution < 1.29 is 9.50 Å². The fraction of sp³-hybridized carbons (Fsp3) is 0.545. The van der Waals surface area contributed by atoms with E-state index in [4.69, 9.17) is 5.73 Å². The van der Waals surface area contributed by atoms with Crippen molar-refractivity contribution in [2.24, 2.45) is 11.1 Å². The summed E-state index contributed by atoms with van der Waals surface area (Å²) in [6.07, 6.45) is 2.55. The Kier molecular flexibility index (Phi) is 3.11. The van der Waals surface area contributed by atoms with Crippen LogP contribution in [0.1, 0.15) is 26.3 Å². The summed E-state index contributed by atoms with van der Waals surface area (Å²) in [6.45, 7) is 5.59. The minimum Gasteiger partial charge on any atom is -0.383 e. The van der Waals surface area contributed by atoms with Gasteiger partial charge >= 0.3 is 0 Å². The van der Waals surface area contributed by atoms with Gasteiger partial charge in [-0.25, -0.2) is 4.39 Å². The third-order valence-electron chi connectivity index (χ3n) is 2.72. The number of nitrogens with two attached hydrogens (primary N) is 1. The fourth-order valence-electron chi connectivity index (χ4n) is 1.50. The molecule has 0 amide bonds. The lowest BCUT2D eigenvalue weighted by Crippen LogP contribution is -2.46. The maximum absolute atomic E-state index is 13.0. The van der Waals surface area contributed by atoms with Gasteiger partial charge < -0.3 is 10.8 Å². The van der Waals surface area contributed by atoms with Gasteiger partial charge in [0, 0.05) is 18.3 Å². The molecule has 15 heavy (non-hydrogen) atoms. The summed E-state index contributed by atoms with van der Waals surface area (Å²) < 4.78 is 13.0. The molecular weight excluding hydrogens is 195 g/mol. The smallest absolute Gasteiger partial charge is 0.141 e. The molecule has 0 radical (unpaired) electrons. The number of nitrogens with zero attached hydrogens (tertiary/aromatic N) is 1. The number of rotatable bonds is 2. The SMILES string of the molecule is CC(C)(C)C(O)(CN)c1cncc(F)c1. The van der Waals surface area contributed by atoms with Crippen LogP contribution in [0.15, 0.2) is 18.5 Å². The van der Waals surface area contributed by atoms with Crippen molar-refractivity contribution in [2.45, 2.75) is 26.4 Å². The molecule has 0 aromatic carbocycles. The number of pyridine rings is 1. The van der Waals surface area contributed by atoms with Gasteiger partial charge in [0.2, 0.25) is 0 Å². The predicted octanol–water partition coefficient (Wildman–Crippen LogP) is 1.41. The zero-order valence-electron chi connectivity index (χ0n) is 9.29. The van der Waals surface area contributed by atoms with Crippen LogP contribution in [0.5, 0.6) is 0 Å². The van der Waals surface area contributed by atoms with E-state index in [0.29, 0.717) is 5.56 Å². The van der Waals surface area contributed by atoms with Crippen molar-refractivity contribution in [3.05, 3.63) is 29.8 Å². The molecule has 1 aromatic heterocycles. The summed E-state index contributed by atoms with van der Waals surface area (Å²) in [5.74, 6) is -0.469. The van der Waals surface area contributed by atoms with Crippen LogP contribution in [-0.2, 0) is 5.60 Å². The zero-order valence-corrected chi connectivity index (χ0v) is 9.29. The summed E-state index contributed by atoms with van der Waals surface area (Å²) >= 11 is 0. The summed E-state index contributed by atoms with van der Waals surface area (Å²) in [7, 11) is 0. The molecule has 1 atom stereocenters. The molecule has 0 aliphatic heterocycles. The van der Waals surface area contributed by atoms with E-state index in [-0.39, 0.29) is 6.54 Å². The molecule has 0 aliphatic carbocycles. The van der Waals surface area contributed by atoms with Crippen LogP contribution >= 0.6 is 0 Å². The maximum atomic E-state index is 13.0. The fourth-order valence-corrected chi connectivity index (χ4v) is 1.50. The molecule has 1 unspecified atom stereocenters.